The highest BCUT2D eigenvalue weighted by Crippen LogP contribution is 2.40. The molecule has 1 rings (SSSR count). The molecule has 1 saturated heterocycles. The molecule has 4 atom stereocenters. The monoisotopic (exact) mass is 266 g/mol. The molecule has 110 valence electrons. The van der Waals surface area contributed by atoms with Crippen LogP contribution in [0.2, 0.25) is 0 Å². The fourth-order valence-corrected chi connectivity index (χ4v) is 3.39. The van der Waals surface area contributed by atoms with Crippen LogP contribution in [0.3, 0.4) is 0 Å². The predicted octanol–water partition coefficient (Wildman–Crippen LogP) is 1.98. The summed E-state index contributed by atoms with van der Waals surface area (Å²) in [6.07, 6.45) is 7.22. The highest BCUT2D eigenvalue weighted by molar-refractivity contribution is 5.27. The summed E-state index contributed by atoms with van der Waals surface area (Å²) in [5.41, 5.74) is -0.373. The average Bonchev–Trinajstić information content (AvgIpc) is 2.62. The average molecular weight is 266 g/mol. The number of hydrogen-bond donors (Lipinski definition) is 1. The number of hydrogen-bond acceptors (Lipinski definition) is 3. The van der Waals surface area contributed by atoms with Crippen molar-refractivity contribution in [3.05, 3.63) is 0 Å². The molecular formula is C16H30N2O. The minimum Gasteiger partial charge on any atom is -0.370 e. The highest BCUT2D eigenvalue weighted by atomic mass is 16.5. The van der Waals surface area contributed by atoms with Crippen LogP contribution >= 0.6 is 0 Å². The lowest BCUT2D eigenvalue weighted by Gasteiger charge is -2.41. The van der Waals surface area contributed by atoms with Gasteiger partial charge in [0, 0.05) is 0 Å². The first-order valence-electron chi connectivity index (χ1n) is 7.29. The third-order valence-electron chi connectivity index (χ3n) is 4.19. The lowest BCUT2D eigenvalue weighted by Crippen LogP contribution is -2.62. The molecule has 19 heavy (non-hydrogen) atoms. The number of terminal acetylenes is 1. The summed E-state index contributed by atoms with van der Waals surface area (Å²) in [5.74, 6) is 4.05. The van der Waals surface area contributed by atoms with Crippen molar-refractivity contribution < 1.29 is 4.74 Å². The molecule has 0 aromatic rings. The van der Waals surface area contributed by atoms with Gasteiger partial charge in [0.15, 0.2) is 0 Å². The lowest BCUT2D eigenvalue weighted by molar-refractivity contribution is -0.0190. The van der Waals surface area contributed by atoms with Crippen molar-refractivity contribution in [3.8, 4) is 12.3 Å². The maximum absolute atomic E-state index is 6.36. The Balaban J connectivity index is 3.18. The van der Waals surface area contributed by atoms with E-state index in [4.69, 9.17) is 11.2 Å². The maximum Gasteiger partial charge on any atom is 0.126 e. The zero-order chi connectivity index (χ0) is 14.8. The van der Waals surface area contributed by atoms with Crippen molar-refractivity contribution in [2.24, 2.45) is 11.8 Å². The van der Waals surface area contributed by atoms with E-state index in [1.807, 2.05) is 7.05 Å². The summed E-state index contributed by atoms with van der Waals surface area (Å²) in [7, 11) is 6.10. The Morgan fingerprint density at radius 2 is 1.89 bits per heavy atom. The maximum atomic E-state index is 6.36. The van der Waals surface area contributed by atoms with Crippen LogP contribution in [0.1, 0.15) is 34.1 Å². The molecular weight excluding hydrogens is 236 g/mol. The van der Waals surface area contributed by atoms with E-state index in [9.17, 15) is 0 Å². The van der Waals surface area contributed by atoms with Gasteiger partial charge in [-0.1, -0.05) is 33.6 Å². The van der Waals surface area contributed by atoms with Gasteiger partial charge < -0.3 is 10.1 Å². The van der Waals surface area contributed by atoms with E-state index in [0.29, 0.717) is 11.8 Å². The van der Waals surface area contributed by atoms with E-state index >= 15 is 0 Å². The van der Waals surface area contributed by atoms with E-state index < -0.39 is 0 Å². The molecule has 1 aliphatic heterocycles. The number of likely N-dealkylation sites (N-methyl/N-ethyl adjacent to an activating group) is 2. The predicted molar refractivity (Wildman–Crippen MR) is 81.1 cm³/mol. The molecule has 0 spiro atoms. The van der Waals surface area contributed by atoms with Gasteiger partial charge in [-0.25, -0.2) is 0 Å². The van der Waals surface area contributed by atoms with E-state index in [2.05, 4.69) is 57.9 Å². The van der Waals surface area contributed by atoms with Crippen molar-refractivity contribution in [2.75, 3.05) is 21.1 Å². The molecule has 0 aromatic heterocycles. The summed E-state index contributed by atoms with van der Waals surface area (Å²) >= 11 is 0. The van der Waals surface area contributed by atoms with Gasteiger partial charge in [-0.05, 0) is 39.4 Å². The molecule has 3 nitrogen and oxygen atoms in total. The largest absolute Gasteiger partial charge is 0.370 e. The van der Waals surface area contributed by atoms with Gasteiger partial charge in [-0.2, -0.15) is 0 Å². The second-order valence-electron chi connectivity index (χ2n) is 6.60. The molecule has 3 heteroatoms. The smallest absolute Gasteiger partial charge is 0.126 e. The molecule has 0 aromatic carbocycles. The van der Waals surface area contributed by atoms with Gasteiger partial charge >= 0.3 is 0 Å². The molecule has 0 amide bonds. The zero-order valence-corrected chi connectivity index (χ0v) is 13.5. The molecule has 0 radical (unpaired) electrons. The molecule has 1 N–H and O–H groups in total. The van der Waals surface area contributed by atoms with Crippen molar-refractivity contribution in [3.63, 3.8) is 0 Å². The summed E-state index contributed by atoms with van der Waals surface area (Å²) in [6, 6.07) is 0.169. The second-order valence-corrected chi connectivity index (χ2v) is 6.60. The fraction of sp³-hybridized carbons (Fsp3) is 0.875. The Labute approximate surface area is 119 Å². The van der Waals surface area contributed by atoms with Crippen LogP contribution in [0.25, 0.3) is 0 Å². The molecule has 0 saturated carbocycles. The zero-order valence-electron chi connectivity index (χ0n) is 13.5. The van der Waals surface area contributed by atoms with Crippen molar-refractivity contribution in [1.82, 2.24) is 10.2 Å². The van der Waals surface area contributed by atoms with Crippen molar-refractivity contribution in [2.45, 2.75) is 57.9 Å². The Morgan fingerprint density at radius 1 is 1.32 bits per heavy atom. The highest BCUT2D eigenvalue weighted by Gasteiger charge is 2.57. The molecule has 0 bridgehead atoms. The fourth-order valence-electron chi connectivity index (χ4n) is 3.39. The first kappa shape index (κ1) is 16.5. The molecule has 0 aliphatic carbocycles. The van der Waals surface area contributed by atoms with Crippen LogP contribution in [0.4, 0.5) is 0 Å². The Morgan fingerprint density at radius 3 is 2.21 bits per heavy atom. The minimum atomic E-state index is -0.373. The molecule has 1 fully saturated rings. The molecule has 1 aliphatic rings. The van der Waals surface area contributed by atoms with Gasteiger partial charge in [0.1, 0.15) is 5.54 Å². The standard InChI is InChI=1S/C16H30N2O/c1-9-16(18(7)8)14(17-6)13(10-11(2)3)19-15(16)12(4)5/h1,11-15,17H,10H2,2-8H3/t13-,14+,15+,16-/m1/s1. The SMILES string of the molecule is C#C[C@]1(N(C)C)[C@H](C(C)C)O[C@H](CC(C)C)[C@@H]1NC. The topological polar surface area (TPSA) is 24.5 Å². The van der Waals surface area contributed by atoms with E-state index in [1.54, 1.807) is 0 Å². The van der Waals surface area contributed by atoms with Crippen LogP contribution in [0, 0.1) is 24.2 Å². The molecule has 0 unspecified atom stereocenters. The minimum absolute atomic E-state index is 0.0636. The van der Waals surface area contributed by atoms with Crippen LogP contribution in [0.5, 0.6) is 0 Å². The van der Waals surface area contributed by atoms with Crippen LogP contribution < -0.4 is 5.32 Å². The van der Waals surface area contributed by atoms with E-state index in [1.165, 1.54) is 0 Å². The number of rotatable bonds is 5. The second kappa shape index (κ2) is 6.26. The summed E-state index contributed by atoms with van der Waals surface area (Å²) in [6.45, 7) is 8.83. The summed E-state index contributed by atoms with van der Waals surface area (Å²) in [5, 5.41) is 3.42. The van der Waals surface area contributed by atoms with Gasteiger partial charge in [0.05, 0.1) is 18.2 Å². The van der Waals surface area contributed by atoms with E-state index in [-0.39, 0.29) is 23.8 Å². The normalized spacial score (nSPS) is 35.3. The lowest BCUT2D eigenvalue weighted by atomic mass is 9.79. The van der Waals surface area contributed by atoms with Crippen LogP contribution in [0.15, 0.2) is 0 Å². The van der Waals surface area contributed by atoms with Crippen LogP contribution in [-0.2, 0) is 4.74 Å². The Kier molecular flexibility index (Phi) is 5.43. The quantitative estimate of drug-likeness (QED) is 0.770. The van der Waals surface area contributed by atoms with Gasteiger partial charge in [-0.3, -0.25) is 4.90 Å². The Bertz CT molecular complexity index is 332. The van der Waals surface area contributed by atoms with Gasteiger partial charge in [0.2, 0.25) is 0 Å². The summed E-state index contributed by atoms with van der Waals surface area (Å²) < 4.78 is 6.36. The Hall–Kier alpha value is -0.560. The van der Waals surface area contributed by atoms with Crippen molar-refractivity contribution >= 4 is 0 Å². The number of nitrogens with one attached hydrogen (secondary N) is 1. The number of nitrogens with zero attached hydrogens (tertiary/aromatic N) is 1. The van der Waals surface area contributed by atoms with Crippen molar-refractivity contribution in [1.29, 1.82) is 0 Å². The summed E-state index contributed by atoms with van der Waals surface area (Å²) in [4.78, 5) is 2.15. The first-order chi connectivity index (χ1) is 8.81. The first-order valence-corrected chi connectivity index (χ1v) is 7.29. The number of ether oxygens (including phenoxy) is 1. The third kappa shape index (κ3) is 2.81. The van der Waals surface area contributed by atoms with Gasteiger partial charge in [0.25, 0.3) is 0 Å². The third-order valence-corrected chi connectivity index (χ3v) is 4.19. The molecule has 1 heterocycles. The van der Waals surface area contributed by atoms with Crippen LogP contribution in [-0.4, -0.2) is 49.8 Å². The van der Waals surface area contributed by atoms with Gasteiger partial charge in [-0.15, -0.1) is 6.42 Å². The van der Waals surface area contributed by atoms with E-state index in [0.717, 1.165) is 6.42 Å².